The van der Waals surface area contributed by atoms with E-state index < -0.39 is 0 Å². The van der Waals surface area contributed by atoms with Gasteiger partial charge in [0.05, 0.1) is 18.8 Å². The molecule has 0 aromatic heterocycles. The van der Waals surface area contributed by atoms with Gasteiger partial charge in [0.25, 0.3) is 0 Å². The molecule has 0 aliphatic heterocycles. The van der Waals surface area contributed by atoms with E-state index in [2.05, 4.69) is 0 Å². The van der Waals surface area contributed by atoms with Crippen LogP contribution >= 0.6 is 0 Å². The molecule has 0 aliphatic carbocycles. The minimum absolute atomic E-state index is 0.0959. The Labute approximate surface area is 142 Å². The highest BCUT2D eigenvalue weighted by Crippen LogP contribution is 2.33. The summed E-state index contributed by atoms with van der Waals surface area (Å²) in [6.45, 7) is 6.91. The summed E-state index contributed by atoms with van der Waals surface area (Å²) in [6, 6.07) is 10.7. The number of benzene rings is 2. The molecule has 2 aromatic carbocycles. The predicted octanol–water partition coefficient (Wildman–Crippen LogP) is 4.27. The van der Waals surface area contributed by atoms with Crippen molar-refractivity contribution in [3.63, 3.8) is 0 Å². The van der Waals surface area contributed by atoms with Crippen molar-refractivity contribution in [2.24, 2.45) is 0 Å². The molecule has 0 aliphatic rings. The number of anilines is 1. The maximum atomic E-state index is 12.3. The minimum Gasteiger partial charge on any atom is -0.493 e. The summed E-state index contributed by atoms with van der Waals surface area (Å²) in [4.78, 5) is 12.3. The maximum Gasteiger partial charge on any atom is 0.185 e. The molecular weight excluding hydrogens is 302 g/mol. The first-order chi connectivity index (χ1) is 11.6. The molecule has 0 bridgehead atoms. The van der Waals surface area contributed by atoms with E-state index in [1.54, 1.807) is 30.3 Å². The largest absolute Gasteiger partial charge is 0.493 e. The van der Waals surface area contributed by atoms with Crippen LogP contribution in [0.2, 0.25) is 0 Å². The Kier molecular flexibility index (Phi) is 6.01. The van der Waals surface area contributed by atoms with Crippen LogP contribution in [0.15, 0.2) is 42.5 Å². The van der Waals surface area contributed by atoms with Crippen molar-refractivity contribution in [1.82, 2.24) is 0 Å². The van der Waals surface area contributed by atoms with Gasteiger partial charge < -0.3 is 15.2 Å². The van der Waals surface area contributed by atoms with Crippen LogP contribution in [0.1, 0.15) is 35.3 Å². The first kappa shape index (κ1) is 17.6. The van der Waals surface area contributed by atoms with Crippen LogP contribution in [0.25, 0.3) is 6.08 Å². The number of aryl methyl sites for hydroxylation is 1. The molecule has 0 atom stereocenters. The van der Waals surface area contributed by atoms with Crippen LogP contribution in [0.5, 0.6) is 11.5 Å². The smallest absolute Gasteiger partial charge is 0.185 e. The van der Waals surface area contributed by atoms with Gasteiger partial charge >= 0.3 is 0 Å². The third-order valence-electron chi connectivity index (χ3n) is 3.54. The molecule has 4 heteroatoms. The summed E-state index contributed by atoms with van der Waals surface area (Å²) in [7, 11) is 0. The third-order valence-corrected chi connectivity index (χ3v) is 3.54. The molecule has 0 radical (unpaired) electrons. The first-order valence-electron chi connectivity index (χ1n) is 8.04. The van der Waals surface area contributed by atoms with Crippen LogP contribution in [-0.4, -0.2) is 19.0 Å². The summed E-state index contributed by atoms with van der Waals surface area (Å²) in [5.74, 6) is 1.35. The summed E-state index contributed by atoms with van der Waals surface area (Å²) < 4.78 is 11.4. The van der Waals surface area contributed by atoms with Crippen molar-refractivity contribution < 1.29 is 14.3 Å². The number of hydrogen-bond acceptors (Lipinski definition) is 4. The van der Waals surface area contributed by atoms with E-state index in [1.165, 1.54) is 6.08 Å². The molecule has 0 saturated heterocycles. The van der Waals surface area contributed by atoms with E-state index in [0.29, 0.717) is 30.2 Å². The summed E-state index contributed by atoms with van der Waals surface area (Å²) in [5.41, 5.74) is 8.65. The average molecular weight is 325 g/mol. The molecule has 0 heterocycles. The molecule has 2 aromatic rings. The standard InChI is InChI=1S/C20H23NO3/c1-4-23-19-13-6-14(3)20(24-5-2)17(19)11-12-18(22)15-7-9-16(21)10-8-15/h6-13H,4-5,21H2,1-3H3. The van der Waals surface area contributed by atoms with Crippen LogP contribution in [0.4, 0.5) is 5.69 Å². The van der Waals surface area contributed by atoms with Crippen LogP contribution in [-0.2, 0) is 0 Å². The van der Waals surface area contributed by atoms with Gasteiger partial charge in [0, 0.05) is 11.3 Å². The van der Waals surface area contributed by atoms with Crippen molar-refractivity contribution in [3.05, 3.63) is 59.2 Å². The monoisotopic (exact) mass is 325 g/mol. The lowest BCUT2D eigenvalue weighted by Gasteiger charge is -2.15. The minimum atomic E-state index is -0.0959. The molecule has 4 nitrogen and oxygen atoms in total. The predicted molar refractivity (Wildman–Crippen MR) is 97.7 cm³/mol. The number of allylic oxidation sites excluding steroid dienone is 1. The van der Waals surface area contributed by atoms with E-state index in [1.807, 2.05) is 32.9 Å². The Hall–Kier alpha value is -2.75. The van der Waals surface area contributed by atoms with Crippen LogP contribution < -0.4 is 15.2 Å². The maximum absolute atomic E-state index is 12.3. The lowest BCUT2D eigenvalue weighted by atomic mass is 10.1. The summed E-state index contributed by atoms with van der Waals surface area (Å²) in [6.07, 6.45) is 3.28. The second-order valence-electron chi connectivity index (χ2n) is 5.31. The molecule has 0 amide bonds. The Morgan fingerprint density at radius 1 is 1.04 bits per heavy atom. The molecule has 0 unspecified atom stereocenters. The molecule has 0 saturated carbocycles. The Morgan fingerprint density at radius 3 is 2.33 bits per heavy atom. The van der Waals surface area contributed by atoms with Gasteiger partial charge in [0.1, 0.15) is 11.5 Å². The number of carbonyl (C=O) groups is 1. The van der Waals surface area contributed by atoms with Crippen molar-refractivity contribution in [3.8, 4) is 11.5 Å². The van der Waals surface area contributed by atoms with E-state index >= 15 is 0 Å². The number of nitrogen functional groups attached to an aromatic ring is 1. The SMILES string of the molecule is CCOc1ccc(C)c(OCC)c1C=CC(=O)c1ccc(N)cc1. The van der Waals surface area contributed by atoms with Gasteiger partial charge in [-0.3, -0.25) is 4.79 Å². The first-order valence-corrected chi connectivity index (χ1v) is 8.04. The summed E-state index contributed by atoms with van der Waals surface area (Å²) >= 11 is 0. The molecule has 126 valence electrons. The molecule has 0 spiro atoms. The number of carbonyl (C=O) groups excluding carboxylic acids is 1. The van der Waals surface area contributed by atoms with Gasteiger partial charge in [-0.15, -0.1) is 0 Å². The topological polar surface area (TPSA) is 61.5 Å². The Balaban J connectivity index is 2.37. The highest BCUT2D eigenvalue weighted by Gasteiger charge is 2.12. The van der Waals surface area contributed by atoms with Crippen molar-refractivity contribution in [1.29, 1.82) is 0 Å². The number of hydrogen-bond donors (Lipinski definition) is 1. The fraction of sp³-hybridized carbons (Fsp3) is 0.250. The van der Waals surface area contributed by atoms with Crippen molar-refractivity contribution in [2.75, 3.05) is 18.9 Å². The Morgan fingerprint density at radius 2 is 1.71 bits per heavy atom. The number of ketones is 1. The van der Waals surface area contributed by atoms with E-state index in [0.717, 1.165) is 16.9 Å². The van der Waals surface area contributed by atoms with Crippen LogP contribution in [0.3, 0.4) is 0 Å². The van der Waals surface area contributed by atoms with Crippen LogP contribution in [0, 0.1) is 6.92 Å². The van der Waals surface area contributed by atoms with Gasteiger partial charge in [-0.2, -0.15) is 0 Å². The van der Waals surface area contributed by atoms with Crippen molar-refractivity contribution >= 4 is 17.5 Å². The van der Waals surface area contributed by atoms with E-state index in [9.17, 15) is 4.79 Å². The lowest BCUT2D eigenvalue weighted by molar-refractivity contribution is 0.104. The van der Waals surface area contributed by atoms with Gasteiger partial charge in [-0.25, -0.2) is 0 Å². The second-order valence-corrected chi connectivity index (χ2v) is 5.31. The number of rotatable bonds is 7. The number of nitrogens with two attached hydrogens (primary N) is 1. The van der Waals surface area contributed by atoms with Gasteiger partial charge in [0.15, 0.2) is 5.78 Å². The number of ether oxygens (including phenoxy) is 2. The summed E-state index contributed by atoms with van der Waals surface area (Å²) in [5, 5.41) is 0. The molecule has 24 heavy (non-hydrogen) atoms. The van der Waals surface area contributed by atoms with Crippen molar-refractivity contribution in [2.45, 2.75) is 20.8 Å². The fourth-order valence-electron chi connectivity index (χ4n) is 2.37. The quantitative estimate of drug-likeness (QED) is 0.469. The third kappa shape index (κ3) is 4.16. The zero-order valence-electron chi connectivity index (χ0n) is 14.3. The molecular formula is C20H23NO3. The van der Waals surface area contributed by atoms with E-state index in [4.69, 9.17) is 15.2 Å². The van der Waals surface area contributed by atoms with Gasteiger partial charge in [-0.05, 0) is 68.8 Å². The second kappa shape index (κ2) is 8.20. The molecule has 2 rings (SSSR count). The zero-order chi connectivity index (χ0) is 17.5. The van der Waals surface area contributed by atoms with Gasteiger partial charge in [-0.1, -0.05) is 6.07 Å². The average Bonchev–Trinajstić information content (AvgIpc) is 2.58. The Bertz CT molecular complexity index is 733. The molecule has 0 fully saturated rings. The fourth-order valence-corrected chi connectivity index (χ4v) is 2.37. The lowest BCUT2D eigenvalue weighted by Crippen LogP contribution is -2.01. The normalized spacial score (nSPS) is 10.8. The highest BCUT2D eigenvalue weighted by atomic mass is 16.5. The molecule has 2 N–H and O–H groups in total. The van der Waals surface area contributed by atoms with E-state index in [-0.39, 0.29) is 5.78 Å². The zero-order valence-corrected chi connectivity index (χ0v) is 14.3. The van der Waals surface area contributed by atoms with Gasteiger partial charge in [0.2, 0.25) is 0 Å². The highest BCUT2D eigenvalue weighted by molar-refractivity contribution is 6.07.